The molecule has 1 heterocycles. The zero-order chi connectivity index (χ0) is 18.3. The van der Waals surface area contributed by atoms with Crippen molar-refractivity contribution in [2.45, 2.75) is 46.1 Å². The third kappa shape index (κ3) is 10.8. The van der Waals surface area contributed by atoms with Gasteiger partial charge in [-0.3, -0.25) is 4.99 Å². The quantitative estimate of drug-likeness (QED) is 0.208. The fourth-order valence-corrected chi connectivity index (χ4v) is 2.42. The molecule has 2 N–H and O–H groups in total. The Bertz CT molecular complexity index is 483. The first-order valence-electron chi connectivity index (χ1n) is 9.24. The fourth-order valence-electron chi connectivity index (χ4n) is 2.42. The summed E-state index contributed by atoms with van der Waals surface area (Å²) >= 11 is 0. The van der Waals surface area contributed by atoms with Crippen LogP contribution in [-0.4, -0.2) is 44.9 Å². The Balaban J connectivity index is 0.00000625. The summed E-state index contributed by atoms with van der Waals surface area (Å²) in [4.78, 5) is 8.59. The van der Waals surface area contributed by atoms with E-state index in [9.17, 15) is 0 Å². The Morgan fingerprint density at radius 2 is 2.04 bits per heavy atom. The zero-order valence-electron chi connectivity index (χ0n) is 16.6. The number of pyridine rings is 1. The van der Waals surface area contributed by atoms with Crippen LogP contribution in [0.3, 0.4) is 0 Å². The predicted molar refractivity (Wildman–Crippen MR) is 119 cm³/mol. The van der Waals surface area contributed by atoms with Crippen LogP contribution < -0.4 is 15.4 Å². The van der Waals surface area contributed by atoms with Crippen LogP contribution in [-0.2, 0) is 11.3 Å². The molecule has 0 aromatic carbocycles. The van der Waals surface area contributed by atoms with Crippen LogP contribution in [0.4, 0.5) is 0 Å². The highest BCUT2D eigenvalue weighted by Crippen LogP contribution is 2.11. The Labute approximate surface area is 175 Å². The Kier molecular flexibility index (Phi) is 15.4. The number of aliphatic imine (C=N–C) groups is 1. The lowest BCUT2D eigenvalue weighted by Crippen LogP contribution is -2.39. The summed E-state index contributed by atoms with van der Waals surface area (Å²) in [6.45, 7) is 7.19. The Morgan fingerprint density at radius 1 is 1.23 bits per heavy atom. The zero-order valence-corrected chi connectivity index (χ0v) is 18.9. The number of guanidine groups is 1. The summed E-state index contributed by atoms with van der Waals surface area (Å²) in [5.74, 6) is 2.14. The average molecular weight is 478 g/mol. The summed E-state index contributed by atoms with van der Waals surface area (Å²) in [6, 6.07) is 3.88. The van der Waals surface area contributed by atoms with Crippen molar-refractivity contribution in [2.24, 2.45) is 10.9 Å². The topological polar surface area (TPSA) is 67.8 Å². The van der Waals surface area contributed by atoms with E-state index >= 15 is 0 Å². The molecule has 1 aromatic heterocycles. The molecule has 1 aromatic rings. The number of ether oxygens (including phenoxy) is 2. The molecule has 0 aliphatic rings. The summed E-state index contributed by atoms with van der Waals surface area (Å²) in [7, 11) is 3.45. The van der Waals surface area contributed by atoms with Crippen molar-refractivity contribution >= 4 is 29.9 Å². The Morgan fingerprint density at radius 3 is 2.62 bits per heavy atom. The van der Waals surface area contributed by atoms with Crippen LogP contribution in [0.15, 0.2) is 23.3 Å². The van der Waals surface area contributed by atoms with Gasteiger partial charge in [0.2, 0.25) is 5.88 Å². The van der Waals surface area contributed by atoms with E-state index in [1.54, 1.807) is 14.2 Å². The molecule has 0 aliphatic heterocycles. The molecule has 0 spiro atoms. The van der Waals surface area contributed by atoms with Crippen LogP contribution in [0.25, 0.3) is 0 Å². The molecule has 0 amide bonds. The van der Waals surface area contributed by atoms with E-state index in [4.69, 9.17) is 9.47 Å². The third-order valence-electron chi connectivity index (χ3n) is 4.12. The molecule has 1 atom stereocenters. The molecule has 0 saturated heterocycles. The summed E-state index contributed by atoms with van der Waals surface area (Å²) in [6.07, 6.45) is 6.82. The molecule has 0 fully saturated rings. The van der Waals surface area contributed by atoms with Crippen molar-refractivity contribution < 1.29 is 9.47 Å². The summed E-state index contributed by atoms with van der Waals surface area (Å²) < 4.78 is 10.4. The molecule has 150 valence electrons. The number of rotatable bonds is 12. The molecule has 0 aliphatic carbocycles. The normalized spacial score (nSPS) is 12.2. The minimum absolute atomic E-state index is 0. The number of aromatic nitrogens is 1. The molecule has 0 saturated carbocycles. The van der Waals surface area contributed by atoms with Gasteiger partial charge in [-0.25, -0.2) is 4.98 Å². The molecular weight excluding hydrogens is 443 g/mol. The number of halogens is 1. The lowest BCUT2D eigenvalue weighted by atomic mass is 9.99. The molecule has 1 rings (SSSR count). The minimum Gasteiger partial charge on any atom is -0.475 e. The van der Waals surface area contributed by atoms with Crippen LogP contribution in [0.2, 0.25) is 0 Å². The lowest BCUT2D eigenvalue weighted by molar-refractivity contribution is 0.143. The highest BCUT2D eigenvalue weighted by atomic mass is 127. The second-order valence-corrected chi connectivity index (χ2v) is 6.07. The third-order valence-corrected chi connectivity index (χ3v) is 4.12. The van der Waals surface area contributed by atoms with Gasteiger partial charge in [0.05, 0.1) is 6.61 Å². The van der Waals surface area contributed by atoms with Gasteiger partial charge in [-0.05, 0) is 17.9 Å². The number of hydrogen-bond donors (Lipinski definition) is 2. The van der Waals surface area contributed by atoms with Crippen LogP contribution in [0.5, 0.6) is 5.88 Å². The monoisotopic (exact) mass is 478 g/mol. The van der Waals surface area contributed by atoms with Crippen molar-refractivity contribution in [3.05, 3.63) is 23.9 Å². The highest BCUT2D eigenvalue weighted by molar-refractivity contribution is 14.0. The summed E-state index contributed by atoms with van der Waals surface area (Å²) in [5.41, 5.74) is 1.08. The van der Waals surface area contributed by atoms with E-state index < -0.39 is 0 Å². The van der Waals surface area contributed by atoms with Crippen molar-refractivity contribution in [3.63, 3.8) is 0 Å². The minimum atomic E-state index is 0. The van der Waals surface area contributed by atoms with Crippen LogP contribution in [0.1, 0.15) is 45.1 Å². The maximum atomic E-state index is 5.47. The van der Waals surface area contributed by atoms with Gasteiger partial charge in [0.25, 0.3) is 0 Å². The number of unbranched alkanes of at least 4 members (excludes halogenated alkanes) is 1. The first kappa shape index (κ1) is 24.9. The van der Waals surface area contributed by atoms with Crippen molar-refractivity contribution in [1.29, 1.82) is 0 Å². The van der Waals surface area contributed by atoms with Gasteiger partial charge in [-0.2, -0.15) is 0 Å². The lowest BCUT2D eigenvalue weighted by Gasteiger charge is -2.18. The molecule has 7 heteroatoms. The average Bonchev–Trinajstić information content (AvgIpc) is 2.65. The standard InChI is InChI=1S/C19H34N4O2.HI/c1-5-7-8-16(6-2)13-22-19(20-3)23-15-17-9-10-18(21-14-17)25-12-11-24-4;/h9-10,14,16H,5-8,11-13,15H2,1-4H3,(H2,20,22,23);1H. The van der Waals surface area contributed by atoms with Gasteiger partial charge in [-0.1, -0.05) is 39.2 Å². The highest BCUT2D eigenvalue weighted by Gasteiger charge is 2.07. The van der Waals surface area contributed by atoms with Gasteiger partial charge < -0.3 is 20.1 Å². The number of nitrogens with one attached hydrogen (secondary N) is 2. The van der Waals surface area contributed by atoms with E-state index in [1.807, 2.05) is 18.3 Å². The van der Waals surface area contributed by atoms with Gasteiger partial charge in [-0.15, -0.1) is 24.0 Å². The van der Waals surface area contributed by atoms with Crippen molar-refractivity contribution in [2.75, 3.05) is 33.9 Å². The van der Waals surface area contributed by atoms with E-state index in [0.717, 1.165) is 18.1 Å². The molecule has 26 heavy (non-hydrogen) atoms. The molecule has 0 bridgehead atoms. The number of methoxy groups -OCH3 is 1. The van der Waals surface area contributed by atoms with Gasteiger partial charge in [0.1, 0.15) is 6.61 Å². The van der Waals surface area contributed by atoms with Crippen molar-refractivity contribution in [3.8, 4) is 5.88 Å². The molecule has 0 radical (unpaired) electrons. The van der Waals surface area contributed by atoms with E-state index in [2.05, 4.69) is 34.5 Å². The first-order valence-corrected chi connectivity index (χ1v) is 9.24. The van der Waals surface area contributed by atoms with Crippen molar-refractivity contribution in [1.82, 2.24) is 15.6 Å². The van der Waals surface area contributed by atoms with Gasteiger partial charge in [0.15, 0.2) is 5.96 Å². The molecular formula is C19H35IN4O2. The second kappa shape index (κ2) is 16.1. The second-order valence-electron chi connectivity index (χ2n) is 6.07. The fraction of sp³-hybridized carbons (Fsp3) is 0.684. The predicted octanol–water partition coefficient (Wildman–Crippen LogP) is 3.61. The van der Waals surface area contributed by atoms with Crippen LogP contribution in [0, 0.1) is 5.92 Å². The number of hydrogen-bond acceptors (Lipinski definition) is 4. The van der Waals surface area contributed by atoms with Gasteiger partial charge in [0, 0.05) is 39.5 Å². The van der Waals surface area contributed by atoms with E-state index in [1.165, 1.54) is 25.7 Å². The maximum Gasteiger partial charge on any atom is 0.213 e. The summed E-state index contributed by atoms with van der Waals surface area (Å²) in [5, 5.41) is 6.76. The molecule has 1 unspecified atom stereocenters. The number of nitrogens with zero attached hydrogens (tertiary/aromatic N) is 2. The van der Waals surface area contributed by atoms with E-state index in [0.29, 0.717) is 31.6 Å². The Hall–Kier alpha value is -1.09. The smallest absolute Gasteiger partial charge is 0.213 e. The maximum absolute atomic E-state index is 5.47. The van der Waals surface area contributed by atoms with Gasteiger partial charge >= 0.3 is 0 Å². The SMILES string of the molecule is CCCCC(CC)CNC(=NC)NCc1ccc(OCCOC)nc1.I. The first-order chi connectivity index (χ1) is 12.2. The van der Waals surface area contributed by atoms with E-state index in [-0.39, 0.29) is 24.0 Å². The van der Waals surface area contributed by atoms with Crippen LogP contribution >= 0.6 is 24.0 Å². The largest absolute Gasteiger partial charge is 0.475 e. The molecule has 6 nitrogen and oxygen atoms in total.